The summed E-state index contributed by atoms with van der Waals surface area (Å²) in [5, 5.41) is 0. The number of ether oxygens (including phenoxy) is 1. The Hall–Kier alpha value is 1.19. The van der Waals surface area contributed by atoms with Gasteiger partial charge in [-0.15, -0.1) is 0 Å². The SMILES string of the molecule is CCCCCCC([CH2][Hg][Cl])OC. The summed E-state index contributed by atoms with van der Waals surface area (Å²) < 4.78 is 6.55. The summed E-state index contributed by atoms with van der Waals surface area (Å²) in [6.07, 6.45) is 7.06. The standard InChI is InChI=1S/C9H19O.ClH.Hg/c1-4-5-6-7-8-9(2)10-3;;/h9H,2,4-8H2,1,3H3;1H;/q;;+1/p-1. The van der Waals surface area contributed by atoms with Gasteiger partial charge >= 0.3 is 92.5 Å². The minimum absolute atomic E-state index is 0.487. The fourth-order valence-corrected chi connectivity index (χ4v) is 6.42. The molecule has 0 aliphatic heterocycles. The molecule has 0 aliphatic rings. The van der Waals surface area contributed by atoms with E-state index in [2.05, 4.69) is 6.92 Å². The van der Waals surface area contributed by atoms with Crippen LogP contribution in [0.5, 0.6) is 0 Å². The summed E-state index contributed by atoms with van der Waals surface area (Å²) in [7, 11) is 7.67. The van der Waals surface area contributed by atoms with Crippen molar-refractivity contribution < 1.29 is 28.1 Å². The van der Waals surface area contributed by atoms with Crippen molar-refractivity contribution in [3.05, 3.63) is 0 Å². The predicted molar refractivity (Wildman–Crippen MR) is 50.2 cm³/mol. The van der Waals surface area contributed by atoms with Crippen molar-refractivity contribution in [2.75, 3.05) is 7.11 Å². The van der Waals surface area contributed by atoms with E-state index < -0.39 is 23.3 Å². The van der Waals surface area contributed by atoms with E-state index in [1.807, 2.05) is 7.11 Å². The molecule has 70 valence electrons. The molecule has 0 saturated heterocycles. The second-order valence-corrected chi connectivity index (χ2v) is 10.2. The molecule has 0 saturated carbocycles. The zero-order chi connectivity index (χ0) is 9.23. The summed E-state index contributed by atoms with van der Waals surface area (Å²) in [5.74, 6) is 0. The van der Waals surface area contributed by atoms with Crippen LogP contribution in [0.4, 0.5) is 0 Å². The molecule has 12 heavy (non-hydrogen) atoms. The van der Waals surface area contributed by atoms with Crippen molar-refractivity contribution in [1.82, 2.24) is 0 Å². The molecule has 0 N–H and O–H groups in total. The van der Waals surface area contributed by atoms with Crippen LogP contribution in [0.1, 0.15) is 39.0 Å². The van der Waals surface area contributed by atoms with Crippen LogP contribution in [-0.4, -0.2) is 13.2 Å². The average molecular weight is 379 g/mol. The van der Waals surface area contributed by atoms with Gasteiger partial charge in [0.05, 0.1) is 0 Å². The number of hydrogen-bond acceptors (Lipinski definition) is 1. The molecular formula is C9H19ClHgO. The molecule has 0 fully saturated rings. The van der Waals surface area contributed by atoms with Gasteiger partial charge in [-0.1, -0.05) is 0 Å². The quantitative estimate of drug-likeness (QED) is 0.462. The summed E-state index contributed by atoms with van der Waals surface area (Å²) in [5.41, 5.74) is 0. The van der Waals surface area contributed by atoms with E-state index in [4.69, 9.17) is 13.0 Å². The van der Waals surface area contributed by atoms with Gasteiger partial charge in [-0.2, -0.15) is 0 Å². The summed E-state index contributed by atoms with van der Waals surface area (Å²) >= 11 is -0.967. The van der Waals surface area contributed by atoms with Crippen LogP contribution in [0.25, 0.3) is 0 Å². The minimum atomic E-state index is -0.967. The second kappa shape index (κ2) is 10.3. The maximum absolute atomic E-state index is 5.86. The molecule has 0 aromatic carbocycles. The first-order valence-corrected chi connectivity index (χ1v) is 15.6. The molecular weight excluding hydrogens is 360 g/mol. The van der Waals surface area contributed by atoms with Crippen LogP contribution in [-0.2, 0) is 28.1 Å². The zero-order valence-corrected chi connectivity index (χ0v) is 14.6. The van der Waals surface area contributed by atoms with Gasteiger partial charge in [-0.05, 0) is 0 Å². The predicted octanol–water partition coefficient (Wildman–Crippen LogP) is 3.63. The van der Waals surface area contributed by atoms with Gasteiger partial charge in [-0.25, -0.2) is 0 Å². The van der Waals surface area contributed by atoms with Crippen molar-refractivity contribution in [3.63, 3.8) is 0 Å². The second-order valence-electron chi connectivity index (χ2n) is 3.18. The molecule has 1 unspecified atom stereocenters. The first-order valence-electron chi connectivity index (χ1n) is 4.93. The van der Waals surface area contributed by atoms with Crippen molar-refractivity contribution in [3.8, 4) is 0 Å². The molecule has 0 aromatic rings. The monoisotopic (exact) mass is 380 g/mol. The third kappa shape index (κ3) is 7.81. The first kappa shape index (κ1) is 13.2. The van der Waals surface area contributed by atoms with Gasteiger partial charge in [0.15, 0.2) is 0 Å². The van der Waals surface area contributed by atoms with E-state index in [9.17, 15) is 0 Å². The molecule has 0 rings (SSSR count). The third-order valence-electron chi connectivity index (χ3n) is 2.14. The van der Waals surface area contributed by atoms with Crippen molar-refractivity contribution >= 4 is 8.25 Å². The van der Waals surface area contributed by atoms with Crippen molar-refractivity contribution in [2.24, 2.45) is 0 Å². The Kier molecular flexibility index (Phi) is 11.3. The normalized spacial score (nSPS) is 12.6. The van der Waals surface area contributed by atoms with Gasteiger partial charge < -0.3 is 0 Å². The Morgan fingerprint density at radius 1 is 1.33 bits per heavy atom. The molecule has 0 bridgehead atoms. The third-order valence-corrected chi connectivity index (χ3v) is 7.41. The van der Waals surface area contributed by atoms with E-state index in [-0.39, 0.29) is 0 Å². The average Bonchev–Trinajstić information content (AvgIpc) is 2.10. The molecule has 0 aliphatic carbocycles. The van der Waals surface area contributed by atoms with Crippen LogP contribution >= 0.6 is 8.25 Å². The summed E-state index contributed by atoms with van der Waals surface area (Å²) in [4.78, 5) is 0. The van der Waals surface area contributed by atoms with E-state index in [1.54, 1.807) is 0 Å². The number of unbranched alkanes of at least 4 members (excludes halogenated alkanes) is 3. The van der Waals surface area contributed by atoms with Crippen LogP contribution in [0, 0.1) is 0 Å². The van der Waals surface area contributed by atoms with Gasteiger partial charge in [0.25, 0.3) is 0 Å². The van der Waals surface area contributed by atoms with Gasteiger partial charge in [-0.3, -0.25) is 0 Å². The van der Waals surface area contributed by atoms with Crippen LogP contribution in [0.3, 0.4) is 0 Å². The first-order chi connectivity index (χ1) is 5.85. The van der Waals surface area contributed by atoms with Gasteiger partial charge in [0.2, 0.25) is 0 Å². The van der Waals surface area contributed by atoms with Crippen LogP contribution in [0.2, 0.25) is 3.93 Å². The topological polar surface area (TPSA) is 9.23 Å². The van der Waals surface area contributed by atoms with Gasteiger partial charge in [0.1, 0.15) is 0 Å². The van der Waals surface area contributed by atoms with Crippen LogP contribution in [0.15, 0.2) is 0 Å². The maximum atomic E-state index is 5.86. The van der Waals surface area contributed by atoms with Crippen LogP contribution < -0.4 is 0 Å². The van der Waals surface area contributed by atoms with E-state index in [0.29, 0.717) is 6.10 Å². The zero-order valence-electron chi connectivity index (χ0n) is 8.31. The molecule has 0 spiro atoms. The molecule has 0 heterocycles. The molecule has 3 heteroatoms. The fourth-order valence-electron chi connectivity index (χ4n) is 1.30. The van der Waals surface area contributed by atoms with Crippen molar-refractivity contribution in [1.29, 1.82) is 0 Å². The number of hydrogen-bond donors (Lipinski definition) is 0. The van der Waals surface area contributed by atoms with Crippen molar-refractivity contribution in [2.45, 2.75) is 49.1 Å². The van der Waals surface area contributed by atoms with E-state index >= 15 is 0 Å². The molecule has 0 aromatic heterocycles. The Morgan fingerprint density at radius 3 is 2.58 bits per heavy atom. The van der Waals surface area contributed by atoms with E-state index in [1.165, 1.54) is 36.0 Å². The fraction of sp³-hybridized carbons (Fsp3) is 1.00. The molecule has 1 atom stereocenters. The molecule has 0 amide bonds. The van der Waals surface area contributed by atoms with E-state index in [0.717, 1.165) is 0 Å². The Morgan fingerprint density at radius 2 is 2.08 bits per heavy atom. The molecule has 0 radical (unpaired) electrons. The van der Waals surface area contributed by atoms with Gasteiger partial charge in [0, 0.05) is 0 Å². The Labute approximate surface area is 92.1 Å². The molecule has 1 nitrogen and oxygen atoms in total. The number of methoxy groups -OCH3 is 1. The summed E-state index contributed by atoms with van der Waals surface area (Å²) in [6, 6.07) is 0. The Bertz CT molecular complexity index is 90.6. The summed E-state index contributed by atoms with van der Waals surface area (Å²) in [6.45, 7) is 2.24. The number of halogens is 1. The number of rotatable bonds is 8. The Balaban J connectivity index is 3.19.